The van der Waals surface area contributed by atoms with Gasteiger partial charge in [-0.15, -0.1) is 22.7 Å². The van der Waals surface area contributed by atoms with Crippen LogP contribution >= 0.6 is 22.7 Å². The van der Waals surface area contributed by atoms with Crippen molar-refractivity contribution in [2.45, 2.75) is 20.3 Å². The number of rotatable bonds is 5. The number of nitrogens with zero attached hydrogens (tertiary/aromatic N) is 1. The van der Waals surface area contributed by atoms with E-state index in [-0.39, 0.29) is 0 Å². The van der Waals surface area contributed by atoms with Crippen molar-refractivity contribution >= 4 is 74.4 Å². The summed E-state index contributed by atoms with van der Waals surface area (Å²) < 4.78 is 5.34. The molecule has 0 N–H and O–H groups in total. The number of allylic oxidation sites excluding steroid dienone is 4. The highest BCUT2D eigenvalue weighted by Crippen LogP contribution is 2.46. The number of fused-ring (bicyclic) bond motifs is 6. The van der Waals surface area contributed by atoms with Gasteiger partial charge in [0, 0.05) is 47.0 Å². The first-order chi connectivity index (χ1) is 23.1. The molecule has 0 aliphatic heterocycles. The Morgan fingerprint density at radius 2 is 1.26 bits per heavy atom. The summed E-state index contributed by atoms with van der Waals surface area (Å²) in [6.45, 7) is 4.55. The van der Waals surface area contributed by atoms with E-state index in [9.17, 15) is 0 Å². The summed E-state index contributed by atoms with van der Waals surface area (Å²) in [4.78, 5) is 2.52. The number of thiophene rings is 2. The molecule has 0 radical (unpaired) electrons. The maximum absolute atomic E-state index is 2.52. The van der Waals surface area contributed by atoms with Gasteiger partial charge in [-0.2, -0.15) is 0 Å². The first kappa shape index (κ1) is 28.3. The summed E-state index contributed by atoms with van der Waals surface area (Å²) in [5.41, 5.74) is 10.0. The minimum absolute atomic E-state index is 0.484. The van der Waals surface area contributed by atoms with Crippen LogP contribution in [0, 0.1) is 12.8 Å². The fourth-order valence-electron chi connectivity index (χ4n) is 7.15. The molecule has 0 fully saturated rings. The van der Waals surface area contributed by atoms with Crippen LogP contribution in [0.5, 0.6) is 0 Å². The zero-order chi connectivity index (χ0) is 31.5. The Labute approximate surface area is 283 Å². The molecular formula is C44H33NS2. The van der Waals surface area contributed by atoms with Crippen molar-refractivity contribution in [2.75, 3.05) is 4.90 Å². The number of hydrogen-bond donors (Lipinski definition) is 0. The molecule has 1 aliphatic rings. The first-order valence-corrected chi connectivity index (χ1v) is 17.9. The molecule has 2 heterocycles. The molecule has 9 rings (SSSR count). The van der Waals surface area contributed by atoms with Crippen molar-refractivity contribution in [3.8, 4) is 22.3 Å². The van der Waals surface area contributed by atoms with Crippen molar-refractivity contribution in [3.63, 3.8) is 0 Å². The van der Waals surface area contributed by atoms with Crippen LogP contribution < -0.4 is 4.90 Å². The van der Waals surface area contributed by atoms with E-state index in [1.807, 2.05) is 22.7 Å². The third-order valence-corrected chi connectivity index (χ3v) is 11.8. The lowest BCUT2D eigenvalue weighted by molar-refractivity contribution is 0.696. The summed E-state index contributed by atoms with van der Waals surface area (Å²) in [5, 5.41) is 5.34. The normalized spacial score (nSPS) is 14.8. The Bertz CT molecular complexity index is 2530. The van der Waals surface area contributed by atoms with Gasteiger partial charge < -0.3 is 4.90 Å². The summed E-state index contributed by atoms with van der Waals surface area (Å²) in [7, 11) is 0. The Kier molecular flexibility index (Phi) is 6.85. The van der Waals surface area contributed by atoms with Crippen molar-refractivity contribution in [1.82, 2.24) is 0 Å². The highest BCUT2D eigenvalue weighted by Gasteiger charge is 2.23. The Morgan fingerprint density at radius 3 is 2.06 bits per heavy atom. The lowest BCUT2D eigenvalue weighted by atomic mass is 9.97. The molecule has 1 nitrogen and oxygen atoms in total. The molecule has 226 valence electrons. The van der Waals surface area contributed by atoms with Crippen molar-refractivity contribution < 1.29 is 0 Å². The van der Waals surface area contributed by atoms with Crippen LogP contribution in [0.1, 0.15) is 18.9 Å². The minimum Gasteiger partial charge on any atom is -0.313 e. The van der Waals surface area contributed by atoms with E-state index < -0.39 is 0 Å². The third kappa shape index (κ3) is 4.98. The molecule has 1 atom stereocenters. The van der Waals surface area contributed by atoms with Gasteiger partial charge in [-0.25, -0.2) is 0 Å². The predicted octanol–water partition coefficient (Wildman–Crippen LogP) is 13.7. The number of benzene rings is 6. The molecule has 1 unspecified atom stereocenters. The largest absolute Gasteiger partial charge is 0.313 e. The molecule has 3 heteroatoms. The van der Waals surface area contributed by atoms with Crippen LogP contribution in [0.15, 0.2) is 151 Å². The molecule has 8 aromatic rings. The average Bonchev–Trinajstić information content (AvgIpc) is 3.66. The number of hydrogen-bond acceptors (Lipinski definition) is 3. The van der Waals surface area contributed by atoms with Gasteiger partial charge in [-0.05, 0) is 108 Å². The summed E-state index contributed by atoms with van der Waals surface area (Å²) >= 11 is 3.78. The summed E-state index contributed by atoms with van der Waals surface area (Å²) in [5.74, 6) is 0.484. The van der Waals surface area contributed by atoms with Gasteiger partial charge in [0.15, 0.2) is 0 Å². The van der Waals surface area contributed by atoms with E-state index in [2.05, 4.69) is 164 Å². The van der Waals surface area contributed by atoms with Crippen LogP contribution in [-0.4, -0.2) is 0 Å². The Hall–Kier alpha value is -4.96. The summed E-state index contributed by atoms with van der Waals surface area (Å²) in [6, 6.07) is 47.3. The van der Waals surface area contributed by atoms with Crippen LogP contribution in [0.4, 0.5) is 11.4 Å². The fraction of sp³-hybridized carbons (Fsp3) is 0.0909. The van der Waals surface area contributed by atoms with Gasteiger partial charge in [0.1, 0.15) is 0 Å². The lowest BCUT2D eigenvalue weighted by Crippen LogP contribution is -2.19. The van der Waals surface area contributed by atoms with E-state index in [4.69, 9.17) is 0 Å². The standard InChI is InChI=1S/C44H33NS2/c1-28-10-8-14-34(22-28)45(35-15-9-13-31(25-35)30-11-4-3-5-12-30)40-24-29(2)23-39-38-27-33(19-21-43(38)47-44(39)40)32-18-20-42-37(26-32)36-16-6-7-17-41(36)46-42/h3-21,23-28H,22H2,1-2H3. The van der Waals surface area contributed by atoms with Crippen LogP contribution in [0.2, 0.25) is 0 Å². The molecule has 0 bridgehead atoms. The van der Waals surface area contributed by atoms with Gasteiger partial charge in [0.25, 0.3) is 0 Å². The van der Waals surface area contributed by atoms with E-state index >= 15 is 0 Å². The SMILES string of the molecule is Cc1cc(N(C2=CC=CC(C)C2)c2cccc(-c3ccccc3)c2)c2sc3ccc(-c4ccc5sc6ccccc6c5c4)cc3c2c1. The lowest BCUT2D eigenvalue weighted by Gasteiger charge is -2.31. The van der Waals surface area contributed by atoms with Gasteiger partial charge in [-0.3, -0.25) is 0 Å². The first-order valence-electron chi connectivity index (χ1n) is 16.3. The second kappa shape index (κ2) is 11.4. The topological polar surface area (TPSA) is 3.24 Å². The average molecular weight is 640 g/mol. The second-order valence-electron chi connectivity index (χ2n) is 12.8. The molecule has 0 saturated heterocycles. The van der Waals surface area contributed by atoms with E-state index in [0.717, 1.165) is 6.42 Å². The maximum Gasteiger partial charge on any atom is 0.0639 e. The highest BCUT2D eigenvalue weighted by atomic mass is 32.1. The Balaban J connectivity index is 1.22. The quantitative estimate of drug-likeness (QED) is 0.181. The molecule has 2 aromatic heterocycles. The van der Waals surface area contributed by atoms with Crippen molar-refractivity contribution in [1.29, 1.82) is 0 Å². The Morgan fingerprint density at radius 1 is 0.574 bits per heavy atom. The van der Waals surface area contributed by atoms with Gasteiger partial charge in [0.2, 0.25) is 0 Å². The molecule has 6 aromatic carbocycles. The fourth-order valence-corrected chi connectivity index (χ4v) is 9.41. The molecule has 0 spiro atoms. The third-order valence-electron chi connectivity index (χ3n) is 9.40. The van der Waals surface area contributed by atoms with Crippen molar-refractivity contribution in [2.24, 2.45) is 5.92 Å². The molecular weight excluding hydrogens is 607 g/mol. The van der Waals surface area contributed by atoms with Crippen LogP contribution in [0.25, 0.3) is 62.6 Å². The van der Waals surface area contributed by atoms with Gasteiger partial charge in [0.05, 0.1) is 10.4 Å². The molecule has 1 aliphatic carbocycles. The highest BCUT2D eigenvalue weighted by molar-refractivity contribution is 7.26. The summed E-state index contributed by atoms with van der Waals surface area (Å²) in [6.07, 6.45) is 7.84. The van der Waals surface area contributed by atoms with Gasteiger partial charge in [-0.1, -0.05) is 91.9 Å². The predicted molar refractivity (Wildman–Crippen MR) is 207 cm³/mol. The molecule has 0 amide bonds. The zero-order valence-electron chi connectivity index (χ0n) is 26.4. The molecule has 47 heavy (non-hydrogen) atoms. The van der Waals surface area contributed by atoms with E-state index in [0.29, 0.717) is 5.92 Å². The maximum atomic E-state index is 2.52. The van der Waals surface area contributed by atoms with Gasteiger partial charge >= 0.3 is 0 Å². The zero-order valence-corrected chi connectivity index (χ0v) is 28.0. The number of anilines is 2. The van der Waals surface area contributed by atoms with E-state index in [1.165, 1.54) is 85.2 Å². The van der Waals surface area contributed by atoms with Crippen molar-refractivity contribution in [3.05, 3.63) is 157 Å². The molecule has 0 saturated carbocycles. The number of aryl methyl sites for hydroxylation is 1. The van der Waals surface area contributed by atoms with Crippen LogP contribution in [0.3, 0.4) is 0 Å². The van der Waals surface area contributed by atoms with Crippen LogP contribution in [-0.2, 0) is 0 Å². The smallest absolute Gasteiger partial charge is 0.0639 e. The monoisotopic (exact) mass is 639 g/mol. The minimum atomic E-state index is 0.484. The van der Waals surface area contributed by atoms with E-state index in [1.54, 1.807) is 0 Å². The second-order valence-corrected chi connectivity index (χ2v) is 14.9.